The number of rotatable bonds is 4. The molecule has 0 fully saturated rings. The van der Waals surface area contributed by atoms with Gasteiger partial charge in [0.15, 0.2) is 5.82 Å². The molecule has 2 rings (SSSR count). The first-order valence-corrected chi connectivity index (χ1v) is 8.03. The number of anilines is 1. The van der Waals surface area contributed by atoms with Crippen molar-refractivity contribution in [2.75, 3.05) is 4.72 Å². The molecule has 0 spiro atoms. The summed E-state index contributed by atoms with van der Waals surface area (Å²) in [5, 5.41) is 6.69. The van der Waals surface area contributed by atoms with Gasteiger partial charge in [0.05, 0.1) is 4.90 Å². The first kappa shape index (κ1) is 14.1. The van der Waals surface area contributed by atoms with E-state index in [4.69, 9.17) is 0 Å². The lowest BCUT2D eigenvalue weighted by molar-refractivity contribution is 0.600. The maximum atomic E-state index is 12.3. The summed E-state index contributed by atoms with van der Waals surface area (Å²) in [6, 6.07) is 6.81. The lowest BCUT2D eigenvalue weighted by atomic mass is 10.2. The molecule has 0 saturated carbocycles. The van der Waals surface area contributed by atoms with Crippen LogP contribution < -0.4 is 4.72 Å². The van der Waals surface area contributed by atoms with Gasteiger partial charge in [-0.2, -0.15) is 5.10 Å². The highest BCUT2D eigenvalue weighted by Crippen LogP contribution is 2.22. The number of aromatic amines is 1. The van der Waals surface area contributed by atoms with Crippen molar-refractivity contribution < 1.29 is 8.42 Å². The Morgan fingerprint density at radius 1 is 1.37 bits per heavy atom. The second-order valence-electron chi connectivity index (χ2n) is 4.15. The van der Waals surface area contributed by atoms with E-state index in [-0.39, 0.29) is 4.90 Å². The number of H-pyrrole nitrogens is 1. The maximum Gasteiger partial charge on any atom is 0.263 e. The average molecular weight is 344 g/mol. The molecule has 1 aromatic carbocycles. The fourth-order valence-corrected chi connectivity index (χ4v) is 3.43. The van der Waals surface area contributed by atoms with E-state index in [0.29, 0.717) is 11.4 Å². The van der Waals surface area contributed by atoms with Gasteiger partial charge in [-0.3, -0.25) is 9.82 Å². The predicted octanol–water partition coefficient (Wildman–Crippen LogP) is 2.84. The topological polar surface area (TPSA) is 74.8 Å². The Labute approximate surface area is 120 Å². The number of hydrogen-bond acceptors (Lipinski definition) is 3. The van der Waals surface area contributed by atoms with Gasteiger partial charge in [0.25, 0.3) is 10.0 Å². The number of aromatic nitrogens is 2. The SMILES string of the molecule is CCc1cc(NS(=O)(=O)c2cc(Br)ccc2C)n[nH]1. The maximum absolute atomic E-state index is 12.3. The molecule has 19 heavy (non-hydrogen) atoms. The molecule has 102 valence electrons. The van der Waals surface area contributed by atoms with Crippen LogP contribution in [0.5, 0.6) is 0 Å². The van der Waals surface area contributed by atoms with Crippen LogP contribution in [0.25, 0.3) is 0 Å². The van der Waals surface area contributed by atoms with Gasteiger partial charge < -0.3 is 0 Å². The Balaban J connectivity index is 2.34. The molecule has 0 unspecified atom stereocenters. The monoisotopic (exact) mass is 343 g/mol. The highest BCUT2D eigenvalue weighted by molar-refractivity contribution is 9.10. The van der Waals surface area contributed by atoms with E-state index in [9.17, 15) is 8.42 Å². The van der Waals surface area contributed by atoms with E-state index in [1.165, 1.54) is 0 Å². The van der Waals surface area contributed by atoms with Gasteiger partial charge in [-0.15, -0.1) is 0 Å². The molecule has 0 aliphatic carbocycles. The second kappa shape index (κ2) is 5.34. The van der Waals surface area contributed by atoms with E-state index < -0.39 is 10.0 Å². The summed E-state index contributed by atoms with van der Waals surface area (Å²) >= 11 is 3.28. The molecule has 0 bridgehead atoms. The zero-order valence-corrected chi connectivity index (χ0v) is 13.0. The van der Waals surface area contributed by atoms with Crippen LogP contribution in [0.4, 0.5) is 5.82 Å². The third-order valence-corrected chi connectivity index (χ3v) is 4.68. The van der Waals surface area contributed by atoms with Crippen molar-refractivity contribution in [3.63, 3.8) is 0 Å². The third kappa shape index (κ3) is 3.16. The van der Waals surface area contributed by atoms with E-state index in [1.54, 1.807) is 31.2 Å². The summed E-state index contributed by atoms with van der Waals surface area (Å²) in [6.45, 7) is 3.72. The molecule has 2 aromatic rings. The number of halogens is 1. The van der Waals surface area contributed by atoms with Crippen molar-refractivity contribution in [1.82, 2.24) is 10.2 Å². The Kier molecular flexibility index (Phi) is 3.96. The molecule has 7 heteroatoms. The molecule has 1 heterocycles. The van der Waals surface area contributed by atoms with Gasteiger partial charge >= 0.3 is 0 Å². The van der Waals surface area contributed by atoms with Gasteiger partial charge in [-0.05, 0) is 31.0 Å². The normalized spacial score (nSPS) is 11.5. The molecule has 0 amide bonds. The number of nitrogens with one attached hydrogen (secondary N) is 2. The van der Waals surface area contributed by atoms with Crippen molar-refractivity contribution in [3.05, 3.63) is 40.0 Å². The zero-order valence-electron chi connectivity index (χ0n) is 10.6. The van der Waals surface area contributed by atoms with Crippen LogP contribution in [0, 0.1) is 6.92 Å². The Hall–Kier alpha value is -1.34. The van der Waals surface area contributed by atoms with Crippen molar-refractivity contribution >= 4 is 31.8 Å². The fraction of sp³-hybridized carbons (Fsp3) is 0.250. The molecule has 0 aliphatic rings. The summed E-state index contributed by atoms with van der Waals surface area (Å²) in [6.07, 6.45) is 0.768. The quantitative estimate of drug-likeness (QED) is 0.896. The Morgan fingerprint density at radius 3 is 2.74 bits per heavy atom. The molecular weight excluding hydrogens is 330 g/mol. The van der Waals surface area contributed by atoms with Crippen LogP contribution in [0.2, 0.25) is 0 Å². The predicted molar refractivity (Wildman–Crippen MR) is 77.7 cm³/mol. The third-order valence-electron chi connectivity index (χ3n) is 2.69. The molecule has 5 nitrogen and oxygen atoms in total. The van der Waals surface area contributed by atoms with Gasteiger partial charge in [-0.1, -0.05) is 28.9 Å². The number of benzene rings is 1. The number of nitrogens with zero attached hydrogens (tertiary/aromatic N) is 1. The minimum Gasteiger partial charge on any atom is -0.280 e. The molecule has 2 N–H and O–H groups in total. The van der Waals surface area contributed by atoms with Crippen LogP contribution >= 0.6 is 15.9 Å². The van der Waals surface area contributed by atoms with E-state index in [0.717, 1.165) is 16.6 Å². The number of aryl methyl sites for hydroxylation is 2. The number of hydrogen-bond donors (Lipinski definition) is 2. The number of sulfonamides is 1. The molecule has 0 radical (unpaired) electrons. The highest BCUT2D eigenvalue weighted by atomic mass is 79.9. The molecule has 0 aliphatic heterocycles. The van der Waals surface area contributed by atoms with Crippen LogP contribution in [-0.2, 0) is 16.4 Å². The van der Waals surface area contributed by atoms with Crippen LogP contribution in [0.1, 0.15) is 18.2 Å². The lowest BCUT2D eigenvalue weighted by Gasteiger charge is -2.08. The summed E-state index contributed by atoms with van der Waals surface area (Å²) in [5.74, 6) is 0.302. The van der Waals surface area contributed by atoms with E-state index >= 15 is 0 Å². The fourth-order valence-electron chi connectivity index (χ4n) is 1.65. The molecule has 0 saturated heterocycles. The minimum atomic E-state index is -3.62. The van der Waals surface area contributed by atoms with Crippen molar-refractivity contribution in [2.45, 2.75) is 25.2 Å². The van der Waals surface area contributed by atoms with Crippen LogP contribution in [-0.4, -0.2) is 18.6 Å². The zero-order chi connectivity index (χ0) is 14.0. The summed E-state index contributed by atoms with van der Waals surface area (Å²) in [5.41, 5.74) is 1.56. The summed E-state index contributed by atoms with van der Waals surface area (Å²) in [7, 11) is -3.62. The largest absolute Gasteiger partial charge is 0.280 e. The first-order valence-electron chi connectivity index (χ1n) is 5.75. The summed E-state index contributed by atoms with van der Waals surface area (Å²) in [4.78, 5) is 0.239. The second-order valence-corrected chi connectivity index (χ2v) is 6.71. The molecule has 0 atom stereocenters. The van der Waals surface area contributed by atoms with E-state index in [1.807, 2.05) is 6.92 Å². The smallest absolute Gasteiger partial charge is 0.263 e. The van der Waals surface area contributed by atoms with Crippen molar-refractivity contribution in [3.8, 4) is 0 Å². The van der Waals surface area contributed by atoms with Gasteiger partial charge in [0.1, 0.15) is 0 Å². The van der Waals surface area contributed by atoms with Gasteiger partial charge in [0.2, 0.25) is 0 Å². The highest BCUT2D eigenvalue weighted by Gasteiger charge is 2.18. The van der Waals surface area contributed by atoms with Gasteiger partial charge in [-0.25, -0.2) is 8.42 Å². The molecule has 1 aromatic heterocycles. The van der Waals surface area contributed by atoms with Crippen LogP contribution in [0.15, 0.2) is 33.6 Å². The average Bonchev–Trinajstić information content (AvgIpc) is 2.79. The summed E-state index contributed by atoms with van der Waals surface area (Å²) < 4.78 is 27.8. The standard InChI is InChI=1S/C12H14BrN3O2S/c1-3-10-7-12(15-14-10)16-19(17,18)11-6-9(13)5-4-8(11)2/h4-7H,3H2,1-2H3,(H2,14,15,16). The minimum absolute atomic E-state index is 0.239. The Morgan fingerprint density at radius 2 is 2.11 bits per heavy atom. The van der Waals surface area contributed by atoms with Gasteiger partial charge in [0, 0.05) is 16.2 Å². The van der Waals surface area contributed by atoms with Crippen LogP contribution in [0.3, 0.4) is 0 Å². The first-order chi connectivity index (χ1) is 8.92. The van der Waals surface area contributed by atoms with E-state index in [2.05, 4.69) is 30.8 Å². The lowest BCUT2D eigenvalue weighted by Crippen LogP contribution is -2.14. The van der Waals surface area contributed by atoms with Crippen molar-refractivity contribution in [2.24, 2.45) is 0 Å². The van der Waals surface area contributed by atoms with Crippen molar-refractivity contribution in [1.29, 1.82) is 0 Å². The molecular formula is C12H14BrN3O2S. The Bertz CT molecular complexity index is 695.